The van der Waals surface area contributed by atoms with Crippen LogP contribution in [0.4, 0.5) is 13.2 Å². The van der Waals surface area contributed by atoms with Crippen LogP contribution in [0.25, 0.3) is 0 Å². The quantitative estimate of drug-likeness (QED) is 0.564. The minimum atomic E-state index is -4.39. The molecule has 0 bridgehead atoms. The molecule has 0 radical (unpaired) electrons. The normalized spacial score (nSPS) is 16.3. The van der Waals surface area contributed by atoms with E-state index < -0.39 is 11.7 Å². The molecule has 0 unspecified atom stereocenters. The molecular formula is C15H17F3OS. The standard InChI is InChI=1S/C15H17F3OS/c1-14(2,3)20-12-8-10(13(19)9-4-5-9)6-7-11(12)15(16,17)18/h6-9H,4-5H2,1-3H3. The molecule has 0 atom stereocenters. The molecule has 5 heteroatoms. The smallest absolute Gasteiger partial charge is 0.294 e. The van der Waals surface area contributed by atoms with E-state index in [1.807, 2.05) is 20.8 Å². The van der Waals surface area contributed by atoms with Gasteiger partial charge < -0.3 is 0 Å². The van der Waals surface area contributed by atoms with Gasteiger partial charge in [0.05, 0.1) is 5.56 Å². The molecule has 0 spiro atoms. The highest BCUT2D eigenvalue weighted by Gasteiger charge is 2.36. The van der Waals surface area contributed by atoms with E-state index in [0.29, 0.717) is 5.56 Å². The first-order chi connectivity index (χ1) is 9.08. The molecule has 0 amide bonds. The summed E-state index contributed by atoms with van der Waals surface area (Å²) < 4.78 is 38.7. The lowest BCUT2D eigenvalue weighted by atomic mass is 10.0. The first kappa shape index (κ1) is 15.4. The monoisotopic (exact) mass is 302 g/mol. The van der Waals surface area contributed by atoms with Crippen LogP contribution in [-0.2, 0) is 6.18 Å². The number of benzene rings is 1. The van der Waals surface area contributed by atoms with Crippen molar-refractivity contribution in [3.63, 3.8) is 0 Å². The zero-order valence-electron chi connectivity index (χ0n) is 11.7. The molecule has 1 aliphatic rings. The van der Waals surface area contributed by atoms with Gasteiger partial charge >= 0.3 is 6.18 Å². The Morgan fingerprint density at radius 3 is 2.25 bits per heavy atom. The van der Waals surface area contributed by atoms with E-state index in [1.165, 1.54) is 12.1 Å². The van der Waals surface area contributed by atoms with Crippen LogP contribution in [0.3, 0.4) is 0 Å². The van der Waals surface area contributed by atoms with Gasteiger partial charge in [0.15, 0.2) is 5.78 Å². The molecule has 1 aromatic rings. The van der Waals surface area contributed by atoms with Gasteiger partial charge in [0.2, 0.25) is 0 Å². The summed E-state index contributed by atoms with van der Waals surface area (Å²) in [6, 6.07) is 3.74. The van der Waals surface area contributed by atoms with Crippen molar-refractivity contribution in [2.75, 3.05) is 0 Å². The van der Waals surface area contributed by atoms with Gasteiger partial charge in [-0.1, -0.05) is 26.8 Å². The second-order valence-corrected chi connectivity index (χ2v) is 7.93. The molecule has 1 nitrogen and oxygen atoms in total. The molecule has 0 saturated heterocycles. The second-order valence-electron chi connectivity index (χ2n) is 6.06. The van der Waals surface area contributed by atoms with Crippen molar-refractivity contribution in [3.05, 3.63) is 29.3 Å². The van der Waals surface area contributed by atoms with Crippen molar-refractivity contribution in [1.82, 2.24) is 0 Å². The molecule has 1 aliphatic carbocycles. The summed E-state index contributed by atoms with van der Waals surface area (Å²) in [7, 11) is 0. The summed E-state index contributed by atoms with van der Waals surface area (Å²) in [5.74, 6) is -0.0197. The Kier molecular flexibility index (Phi) is 3.93. The van der Waals surface area contributed by atoms with Crippen molar-refractivity contribution in [2.45, 2.75) is 49.4 Å². The topological polar surface area (TPSA) is 17.1 Å². The molecule has 2 rings (SSSR count). The molecule has 20 heavy (non-hydrogen) atoms. The van der Waals surface area contributed by atoms with Crippen LogP contribution in [0.5, 0.6) is 0 Å². The summed E-state index contributed by atoms with van der Waals surface area (Å²) in [5.41, 5.74) is -0.267. The molecule has 1 fully saturated rings. The highest BCUT2D eigenvalue weighted by Crippen LogP contribution is 2.42. The molecule has 1 aromatic carbocycles. The van der Waals surface area contributed by atoms with Gasteiger partial charge in [-0.3, -0.25) is 4.79 Å². The van der Waals surface area contributed by atoms with Crippen molar-refractivity contribution >= 4 is 17.5 Å². The van der Waals surface area contributed by atoms with Gasteiger partial charge in [0.25, 0.3) is 0 Å². The Hall–Kier alpha value is -0.970. The van der Waals surface area contributed by atoms with Gasteiger partial charge in [0, 0.05) is 21.1 Å². The zero-order chi connectivity index (χ0) is 15.1. The van der Waals surface area contributed by atoms with Gasteiger partial charge in [0.1, 0.15) is 0 Å². The maximum atomic E-state index is 13.0. The summed E-state index contributed by atoms with van der Waals surface area (Å²) in [6.07, 6.45) is -2.70. The maximum Gasteiger partial charge on any atom is 0.417 e. The first-order valence-corrected chi connectivity index (χ1v) is 7.34. The lowest BCUT2D eigenvalue weighted by molar-refractivity contribution is -0.139. The number of rotatable bonds is 3. The average Bonchev–Trinajstić information content (AvgIpc) is 3.07. The number of thioether (sulfide) groups is 1. The Morgan fingerprint density at radius 2 is 1.80 bits per heavy atom. The van der Waals surface area contributed by atoms with Crippen LogP contribution in [0, 0.1) is 5.92 Å². The average molecular weight is 302 g/mol. The number of ketones is 1. The number of carbonyl (C=O) groups is 1. The third-order valence-corrected chi connectivity index (χ3v) is 4.11. The van der Waals surface area contributed by atoms with Crippen molar-refractivity contribution in [1.29, 1.82) is 0 Å². The number of halogens is 3. The predicted octanol–water partition coefficient (Wildman–Crippen LogP) is 5.19. The fourth-order valence-corrected chi connectivity index (χ4v) is 3.04. The Bertz CT molecular complexity index is 525. The van der Waals surface area contributed by atoms with Crippen LogP contribution in [-0.4, -0.2) is 10.5 Å². The van der Waals surface area contributed by atoms with Crippen molar-refractivity contribution in [2.24, 2.45) is 5.92 Å². The van der Waals surface area contributed by atoms with Crippen LogP contribution in [0.1, 0.15) is 49.5 Å². The Balaban J connectivity index is 2.41. The lowest BCUT2D eigenvalue weighted by Gasteiger charge is -2.21. The Labute approximate surface area is 120 Å². The zero-order valence-corrected chi connectivity index (χ0v) is 12.5. The van der Waals surface area contributed by atoms with Gasteiger partial charge in [-0.15, -0.1) is 11.8 Å². The van der Waals surface area contributed by atoms with Crippen LogP contribution in [0.15, 0.2) is 23.1 Å². The van der Waals surface area contributed by atoms with Gasteiger partial charge in [-0.25, -0.2) is 0 Å². The van der Waals surface area contributed by atoms with Crippen molar-refractivity contribution in [3.8, 4) is 0 Å². The number of hydrogen-bond acceptors (Lipinski definition) is 2. The van der Waals surface area contributed by atoms with E-state index in [9.17, 15) is 18.0 Å². The molecule has 0 aromatic heterocycles. The number of Topliss-reactive ketones (excluding diaryl/α,β-unsaturated/α-hetero) is 1. The van der Waals surface area contributed by atoms with E-state index >= 15 is 0 Å². The summed E-state index contributed by atoms with van der Waals surface area (Å²) in [6.45, 7) is 5.56. The van der Waals surface area contributed by atoms with E-state index in [2.05, 4.69) is 0 Å². The highest BCUT2D eigenvalue weighted by atomic mass is 32.2. The van der Waals surface area contributed by atoms with E-state index in [4.69, 9.17) is 0 Å². The SMILES string of the molecule is CC(C)(C)Sc1cc(C(=O)C2CC2)ccc1C(F)(F)F. The second kappa shape index (κ2) is 5.10. The maximum absolute atomic E-state index is 13.0. The Morgan fingerprint density at radius 1 is 1.20 bits per heavy atom. The summed E-state index contributed by atoms with van der Waals surface area (Å²) in [4.78, 5) is 12.1. The first-order valence-electron chi connectivity index (χ1n) is 6.52. The van der Waals surface area contributed by atoms with Gasteiger partial charge in [-0.2, -0.15) is 13.2 Å². The fraction of sp³-hybridized carbons (Fsp3) is 0.533. The van der Waals surface area contributed by atoms with E-state index in [0.717, 1.165) is 30.7 Å². The molecule has 0 heterocycles. The molecule has 1 saturated carbocycles. The van der Waals surface area contributed by atoms with Crippen LogP contribution < -0.4 is 0 Å². The number of hydrogen-bond donors (Lipinski definition) is 0. The fourth-order valence-electron chi connectivity index (χ4n) is 1.91. The summed E-state index contributed by atoms with van der Waals surface area (Å²) in [5, 5.41) is 0. The number of alkyl halides is 3. The van der Waals surface area contributed by atoms with Crippen LogP contribution in [0.2, 0.25) is 0 Å². The third kappa shape index (κ3) is 3.78. The minimum Gasteiger partial charge on any atom is -0.294 e. The lowest BCUT2D eigenvalue weighted by Crippen LogP contribution is -2.13. The molecular weight excluding hydrogens is 285 g/mol. The minimum absolute atomic E-state index is 0.0132. The summed E-state index contributed by atoms with van der Waals surface area (Å²) >= 11 is 1.15. The van der Waals surface area contributed by atoms with Gasteiger partial charge in [-0.05, 0) is 25.0 Å². The molecule has 0 N–H and O–H groups in total. The van der Waals surface area contributed by atoms with Crippen molar-refractivity contribution < 1.29 is 18.0 Å². The molecule has 110 valence electrons. The van der Waals surface area contributed by atoms with E-state index in [-0.39, 0.29) is 21.3 Å². The predicted molar refractivity (Wildman–Crippen MR) is 74.1 cm³/mol. The molecule has 0 aliphatic heterocycles. The number of carbonyl (C=O) groups excluding carboxylic acids is 1. The van der Waals surface area contributed by atoms with E-state index in [1.54, 1.807) is 0 Å². The highest BCUT2D eigenvalue weighted by molar-refractivity contribution is 8.00. The third-order valence-electron chi connectivity index (χ3n) is 2.94. The largest absolute Gasteiger partial charge is 0.417 e. The van der Waals surface area contributed by atoms with Crippen LogP contribution >= 0.6 is 11.8 Å².